The van der Waals surface area contributed by atoms with E-state index in [1.54, 1.807) is 7.11 Å². The van der Waals surface area contributed by atoms with E-state index >= 15 is 0 Å². The molecule has 0 saturated carbocycles. The van der Waals surface area contributed by atoms with Crippen LogP contribution in [0.3, 0.4) is 0 Å². The fourth-order valence-corrected chi connectivity index (χ4v) is 3.53. The standard InChI is InChI=1S/C25H24N2O2/c1-29-22-10-11-24-23(15-22)21(17-27-24)12-13-26-16-18-6-5-9-20(14-18)25(28)19-7-3-2-4-8-19/h2-11,14-15,17,26-27H,12-13,16H2,1H3. The first-order valence-electron chi connectivity index (χ1n) is 9.78. The molecule has 0 aliphatic rings. The number of benzene rings is 3. The highest BCUT2D eigenvalue weighted by molar-refractivity contribution is 6.09. The molecule has 1 heterocycles. The van der Waals surface area contributed by atoms with Crippen molar-refractivity contribution in [2.75, 3.05) is 13.7 Å². The SMILES string of the molecule is COc1ccc2[nH]cc(CCNCc3cccc(C(=O)c4ccccc4)c3)c2c1. The highest BCUT2D eigenvalue weighted by atomic mass is 16.5. The summed E-state index contributed by atoms with van der Waals surface area (Å²) in [5.74, 6) is 0.923. The summed E-state index contributed by atoms with van der Waals surface area (Å²) < 4.78 is 5.34. The Hall–Kier alpha value is -3.37. The van der Waals surface area contributed by atoms with Crippen molar-refractivity contribution in [3.05, 3.63) is 101 Å². The van der Waals surface area contributed by atoms with Gasteiger partial charge in [-0.1, -0.05) is 48.5 Å². The molecule has 0 spiro atoms. The number of fused-ring (bicyclic) bond motifs is 1. The molecular weight excluding hydrogens is 360 g/mol. The molecule has 4 heteroatoms. The summed E-state index contributed by atoms with van der Waals surface area (Å²) in [6, 6.07) is 23.3. The van der Waals surface area contributed by atoms with Gasteiger partial charge in [0.15, 0.2) is 5.78 Å². The van der Waals surface area contributed by atoms with Crippen LogP contribution in [0.25, 0.3) is 10.9 Å². The quantitative estimate of drug-likeness (QED) is 0.341. The molecule has 0 unspecified atom stereocenters. The maximum atomic E-state index is 12.6. The Morgan fingerprint density at radius 3 is 2.62 bits per heavy atom. The number of hydrogen-bond donors (Lipinski definition) is 2. The predicted octanol–water partition coefficient (Wildman–Crippen LogP) is 4.74. The van der Waals surface area contributed by atoms with Crippen LogP contribution in [0.15, 0.2) is 79.0 Å². The van der Waals surface area contributed by atoms with Crippen molar-refractivity contribution in [2.24, 2.45) is 0 Å². The zero-order chi connectivity index (χ0) is 20.1. The number of methoxy groups -OCH3 is 1. The summed E-state index contributed by atoms with van der Waals surface area (Å²) in [5.41, 5.74) is 4.92. The zero-order valence-electron chi connectivity index (χ0n) is 16.4. The van der Waals surface area contributed by atoms with E-state index in [9.17, 15) is 4.79 Å². The van der Waals surface area contributed by atoms with E-state index in [1.165, 1.54) is 10.9 Å². The van der Waals surface area contributed by atoms with E-state index < -0.39 is 0 Å². The molecule has 0 fully saturated rings. The lowest BCUT2D eigenvalue weighted by Gasteiger charge is -2.07. The van der Waals surface area contributed by atoms with Crippen molar-refractivity contribution in [1.82, 2.24) is 10.3 Å². The van der Waals surface area contributed by atoms with Gasteiger partial charge in [-0.25, -0.2) is 0 Å². The number of ketones is 1. The van der Waals surface area contributed by atoms with Gasteiger partial charge < -0.3 is 15.0 Å². The van der Waals surface area contributed by atoms with Gasteiger partial charge in [0, 0.05) is 34.8 Å². The third-order valence-electron chi connectivity index (χ3n) is 5.10. The second-order valence-corrected chi connectivity index (χ2v) is 7.05. The Kier molecular flexibility index (Phi) is 5.73. The van der Waals surface area contributed by atoms with Crippen LogP contribution < -0.4 is 10.1 Å². The normalized spacial score (nSPS) is 10.9. The van der Waals surface area contributed by atoms with Crippen LogP contribution in [0.1, 0.15) is 27.0 Å². The van der Waals surface area contributed by atoms with Crippen molar-refractivity contribution < 1.29 is 9.53 Å². The molecule has 4 rings (SSSR count). The number of nitrogens with one attached hydrogen (secondary N) is 2. The lowest BCUT2D eigenvalue weighted by atomic mass is 10.0. The number of ether oxygens (including phenoxy) is 1. The fourth-order valence-electron chi connectivity index (χ4n) is 3.53. The molecule has 0 amide bonds. The third kappa shape index (κ3) is 4.39. The van der Waals surface area contributed by atoms with E-state index in [-0.39, 0.29) is 5.78 Å². The summed E-state index contributed by atoms with van der Waals surface area (Å²) in [6.07, 6.45) is 2.97. The molecule has 29 heavy (non-hydrogen) atoms. The molecule has 0 atom stereocenters. The third-order valence-corrected chi connectivity index (χ3v) is 5.10. The summed E-state index contributed by atoms with van der Waals surface area (Å²) in [7, 11) is 1.69. The lowest BCUT2D eigenvalue weighted by molar-refractivity contribution is 0.103. The van der Waals surface area contributed by atoms with Gasteiger partial charge in [-0.2, -0.15) is 0 Å². The Balaban J connectivity index is 1.36. The van der Waals surface area contributed by atoms with Crippen LogP contribution in [0, 0.1) is 0 Å². The number of carbonyl (C=O) groups excluding carboxylic acids is 1. The van der Waals surface area contributed by atoms with E-state index in [4.69, 9.17) is 4.74 Å². The lowest BCUT2D eigenvalue weighted by Crippen LogP contribution is -2.17. The van der Waals surface area contributed by atoms with Gasteiger partial charge in [0.2, 0.25) is 0 Å². The molecule has 3 aromatic carbocycles. The Morgan fingerprint density at radius 2 is 1.79 bits per heavy atom. The summed E-state index contributed by atoms with van der Waals surface area (Å²) >= 11 is 0. The van der Waals surface area contributed by atoms with Crippen LogP contribution in [0.4, 0.5) is 0 Å². The zero-order valence-corrected chi connectivity index (χ0v) is 16.4. The predicted molar refractivity (Wildman–Crippen MR) is 117 cm³/mol. The van der Waals surface area contributed by atoms with Crippen molar-refractivity contribution in [2.45, 2.75) is 13.0 Å². The molecular formula is C25H24N2O2. The molecule has 0 aliphatic heterocycles. The maximum absolute atomic E-state index is 12.6. The van der Waals surface area contributed by atoms with E-state index in [1.807, 2.05) is 66.7 Å². The van der Waals surface area contributed by atoms with Gasteiger partial charge in [-0.05, 0) is 48.4 Å². The Bertz CT molecular complexity index is 1120. The van der Waals surface area contributed by atoms with Gasteiger partial charge in [-0.15, -0.1) is 0 Å². The molecule has 146 valence electrons. The minimum absolute atomic E-state index is 0.0557. The topological polar surface area (TPSA) is 54.1 Å². The number of H-pyrrole nitrogens is 1. The fraction of sp³-hybridized carbons (Fsp3) is 0.160. The summed E-state index contributed by atoms with van der Waals surface area (Å²) in [5, 5.41) is 4.68. The number of aromatic amines is 1. The average Bonchev–Trinajstić information content (AvgIpc) is 3.19. The first-order valence-corrected chi connectivity index (χ1v) is 9.78. The van der Waals surface area contributed by atoms with Crippen LogP contribution in [0.5, 0.6) is 5.75 Å². The van der Waals surface area contributed by atoms with E-state index in [2.05, 4.69) is 22.6 Å². The summed E-state index contributed by atoms with van der Waals surface area (Å²) in [6.45, 7) is 1.57. The van der Waals surface area contributed by atoms with E-state index in [0.717, 1.165) is 41.9 Å². The number of rotatable bonds is 8. The Labute approximate surface area is 170 Å². The molecule has 1 aromatic heterocycles. The smallest absolute Gasteiger partial charge is 0.193 e. The van der Waals surface area contributed by atoms with Gasteiger partial charge in [0.05, 0.1) is 7.11 Å². The van der Waals surface area contributed by atoms with Crippen LogP contribution in [-0.2, 0) is 13.0 Å². The van der Waals surface area contributed by atoms with E-state index in [0.29, 0.717) is 5.56 Å². The molecule has 2 N–H and O–H groups in total. The van der Waals surface area contributed by atoms with Crippen LogP contribution in [0.2, 0.25) is 0 Å². The van der Waals surface area contributed by atoms with Crippen molar-refractivity contribution in [3.8, 4) is 5.75 Å². The first-order chi connectivity index (χ1) is 14.2. The second kappa shape index (κ2) is 8.76. The van der Waals surface area contributed by atoms with Gasteiger partial charge >= 0.3 is 0 Å². The maximum Gasteiger partial charge on any atom is 0.193 e. The Morgan fingerprint density at radius 1 is 0.966 bits per heavy atom. The van der Waals surface area contributed by atoms with Gasteiger partial charge in [-0.3, -0.25) is 4.79 Å². The number of aromatic nitrogens is 1. The van der Waals surface area contributed by atoms with Crippen LogP contribution >= 0.6 is 0 Å². The number of hydrogen-bond acceptors (Lipinski definition) is 3. The number of carbonyl (C=O) groups is 1. The molecule has 4 aromatic rings. The van der Waals surface area contributed by atoms with Crippen molar-refractivity contribution in [3.63, 3.8) is 0 Å². The molecule has 0 aliphatic carbocycles. The largest absolute Gasteiger partial charge is 0.497 e. The molecule has 0 saturated heterocycles. The second-order valence-electron chi connectivity index (χ2n) is 7.05. The molecule has 4 nitrogen and oxygen atoms in total. The molecule has 0 bridgehead atoms. The van der Waals surface area contributed by atoms with Gasteiger partial charge in [0.1, 0.15) is 5.75 Å². The summed E-state index contributed by atoms with van der Waals surface area (Å²) in [4.78, 5) is 15.9. The minimum atomic E-state index is 0.0557. The highest BCUT2D eigenvalue weighted by Crippen LogP contribution is 2.23. The van der Waals surface area contributed by atoms with Gasteiger partial charge in [0.25, 0.3) is 0 Å². The monoisotopic (exact) mass is 384 g/mol. The van der Waals surface area contributed by atoms with Crippen molar-refractivity contribution >= 4 is 16.7 Å². The molecule has 0 radical (unpaired) electrons. The van der Waals surface area contributed by atoms with Crippen molar-refractivity contribution in [1.29, 1.82) is 0 Å². The average molecular weight is 384 g/mol. The van der Waals surface area contributed by atoms with Crippen LogP contribution in [-0.4, -0.2) is 24.4 Å². The highest BCUT2D eigenvalue weighted by Gasteiger charge is 2.09. The minimum Gasteiger partial charge on any atom is -0.497 e. The first kappa shape index (κ1) is 19.0.